The summed E-state index contributed by atoms with van der Waals surface area (Å²) in [5, 5.41) is 4.26. The molecular formula is C8H14S4. The summed E-state index contributed by atoms with van der Waals surface area (Å²) in [5.41, 5.74) is 0. The molecule has 0 aliphatic rings. The van der Waals surface area contributed by atoms with Crippen molar-refractivity contribution in [3.63, 3.8) is 0 Å². The molecule has 0 aromatic rings. The van der Waals surface area contributed by atoms with Crippen LogP contribution in [0.3, 0.4) is 0 Å². The predicted molar refractivity (Wildman–Crippen MR) is 70.2 cm³/mol. The van der Waals surface area contributed by atoms with Crippen molar-refractivity contribution in [2.24, 2.45) is 0 Å². The molecule has 0 atom stereocenters. The van der Waals surface area contributed by atoms with E-state index < -0.39 is 0 Å². The van der Waals surface area contributed by atoms with E-state index in [1.165, 1.54) is 0 Å². The van der Waals surface area contributed by atoms with Gasteiger partial charge in [0.2, 0.25) is 0 Å². The van der Waals surface area contributed by atoms with E-state index in [1.807, 2.05) is 21.6 Å². The van der Waals surface area contributed by atoms with Gasteiger partial charge < -0.3 is 0 Å². The van der Waals surface area contributed by atoms with Crippen LogP contribution in [-0.2, 0) is 0 Å². The Morgan fingerprint density at radius 3 is 1.58 bits per heavy atom. The molecular weight excluding hydrogens is 224 g/mol. The second-order valence-electron chi connectivity index (χ2n) is 1.78. The monoisotopic (exact) mass is 238 g/mol. The Morgan fingerprint density at radius 2 is 1.25 bits per heavy atom. The molecule has 0 N–H and O–H groups in total. The highest BCUT2D eigenvalue weighted by molar-refractivity contribution is 8.76. The zero-order valence-electron chi connectivity index (χ0n) is 7.36. The molecule has 0 heterocycles. The van der Waals surface area contributed by atoms with Gasteiger partial charge in [0.1, 0.15) is 0 Å². The van der Waals surface area contributed by atoms with Crippen LogP contribution in [0.4, 0.5) is 0 Å². The lowest BCUT2D eigenvalue weighted by Crippen LogP contribution is -1.67. The lowest BCUT2D eigenvalue weighted by Gasteiger charge is -1.91. The molecule has 12 heavy (non-hydrogen) atoms. The van der Waals surface area contributed by atoms with Crippen LogP contribution in [0.1, 0.15) is 0 Å². The standard InChI is InChI=1S/C8H14S4/c1-9-5-3-7-11-12-8-4-6-10-2/h3-6H,7-8H2,1-2H3. The Morgan fingerprint density at radius 1 is 0.833 bits per heavy atom. The zero-order chi connectivity index (χ0) is 9.07. The minimum absolute atomic E-state index is 1.11. The van der Waals surface area contributed by atoms with E-state index >= 15 is 0 Å². The first-order valence-corrected chi connectivity index (χ1v) is 8.58. The minimum Gasteiger partial charge on any atom is -0.138 e. The van der Waals surface area contributed by atoms with Crippen molar-refractivity contribution in [2.75, 3.05) is 24.0 Å². The number of hydrogen-bond donors (Lipinski definition) is 0. The maximum absolute atomic E-state index is 2.20. The van der Waals surface area contributed by atoms with Gasteiger partial charge in [-0.1, -0.05) is 33.7 Å². The van der Waals surface area contributed by atoms with Gasteiger partial charge in [0.25, 0.3) is 0 Å². The summed E-state index contributed by atoms with van der Waals surface area (Å²) in [6.07, 6.45) is 8.55. The minimum atomic E-state index is 1.11. The summed E-state index contributed by atoms with van der Waals surface area (Å²) >= 11 is 3.51. The van der Waals surface area contributed by atoms with Crippen molar-refractivity contribution in [1.82, 2.24) is 0 Å². The molecule has 0 saturated carbocycles. The second kappa shape index (κ2) is 11.9. The van der Waals surface area contributed by atoms with Gasteiger partial charge >= 0.3 is 0 Å². The van der Waals surface area contributed by atoms with Crippen LogP contribution in [0.15, 0.2) is 23.0 Å². The van der Waals surface area contributed by atoms with Crippen molar-refractivity contribution >= 4 is 45.1 Å². The summed E-state index contributed by atoms with van der Waals surface area (Å²) in [4.78, 5) is 0. The Labute approximate surface area is 91.8 Å². The average molecular weight is 238 g/mol. The number of thioether (sulfide) groups is 2. The topological polar surface area (TPSA) is 0 Å². The van der Waals surface area contributed by atoms with Gasteiger partial charge in [-0.2, -0.15) is 0 Å². The summed E-state index contributed by atoms with van der Waals surface area (Å²) in [7, 11) is 3.80. The molecule has 0 fully saturated rings. The maximum atomic E-state index is 2.20. The fraction of sp³-hybridized carbons (Fsp3) is 0.500. The van der Waals surface area contributed by atoms with Gasteiger partial charge in [-0.25, -0.2) is 0 Å². The van der Waals surface area contributed by atoms with Gasteiger partial charge in [-0.3, -0.25) is 0 Å². The quantitative estimate of drug-likeness (QED) is 0.483. The highest BCUT2D eigenvalue weighted by atomic mass is 33.1. The van der Waals surface area contributed by atoms with E-state index in [1.54, 1.807) is 23.5 Å². The summed E-state index contributed by atoms with van der Waals surface area (Å²) < 4.78 is 0. The first kappa shape index (κ1) is 12.9. The van der Waals surface area contributed by atoms with Crippen LogP contribution >= 0.6 is 45.1 Å². The molecule has 70 valence electrons. The maximum Gasteiger partial charge on any atom is 0.0225 e. The molecule has 0 nitrogen and oxygen atoms in total. The second-order valence-corrected chi connectivity index (χ2v) is 5.82. The summed E-state index contributed by atoms with van der Waals surface area (Å²) in [6.45, 7) is 0. The van der Waals surface area contributed by atoms with E-state index in [2.05, 4.69) is 35.5 Å². The summed E-state index contributed by atoms with van der Waals surface area (Å²) in [5.74, 6) is 2.22. The van der Waals surface area contributed by atoms with Crippen LogP contribution in [-0.4, -0.2) is 24.0 Å². The molecule has 0 saturated heterocycles. The molecule has 0 spiro atoms. The molecule has 0 radical (unpaired) electrons. The Hall–Kier alpha value is 0.880. The molecule has 0 amide bonds. The highest BCUT2D eigenvalue weighted by Crippen LogP contribution is 2.21. The van der Waals surface area contributed by atoms with Gasteiger partial charge in [-0.15, -0.1) is 23.5 Å². The fourth-order valence-corrected chi connectivity index (χ4v) is 2.86. The van der Waals surface area contributed by atoms with Crippen molar-refractivity contribution < 1.29 is 0 Å². The van der Waals surface area contributed by atoms with E-state index in [0.717, 1.165) is 11.5 Å². The normalized spacial score (nSPS) is 11.8. The Bertz CT molecular complexity index is 115. The molecule has 0 bridgehead atoms. The molecule has 0 aliphatic heterocycles. The zero-order valence-corrected chi connectivity index (χ0v) is 10.6. The van der Waals surface area contributed by atoms with Crippen LogP contribution < -0.4 is 0 Å². The van der Waals surface area contributed by atoms with Gasteiger partial charge in [0.15, 0.2) is 0 Å². The molecule has 0 aromatic carbocycles. The van der Waals surface area contributed by atoms with Gasteiger partial charge in [0, 0.05) is 11.5 Å². The third kappa shape index (κ3) is 10.9. The fourth-order valence-electron chi connectivity index (χ4n) is 0.446. The van der Waals surface area contributed by atoms with Crippen molar-refractivity contribution in [3.8, 4) is 0 Å². The van der Waals surface area contributed by atoms with E-state index in [4.69, 9.17) is 0 Å². The van der Waals surface area contributed by atoms with Crippen LogP contribution in [0.2, 0.25) is 0 Å². The Kier molecular flexibility index (Phi) is 12.8. The van der Waals surface area contributed by atoms with Crippen LogP contribution in [0.5, 0.6) is 0 Å². The van der Waals surface area contributed by atoms with E-state index in [9.17, 15) is 0 Å². The van der Waals surface area contributed by atoms with Crippen LogP contribution in [0.25, 0.3) is 0 Å². The highest BCUT2D eigenvalue weighted by Gasteiger charge is 1.82. The van der Waals surface area contributed by atoms with Gasteiger partial charge in [-0.05, 0) is 23.3 Å². The van der Waals surface area contributed by atoms with Crippen molar-refractivity contribution in [1.29, 1.82) is 0 Å². The largest absolute Gasteiger partial charge is 0.138 e. The van der Waals surface area contributed by atoms with Crippen molar-refractivity contribution in [2.45, 2.75) is 0 Å². The van der Waals surface area contributed by atoms with Crippen molar-refractivity contribution in [3.05, 3.63) is 23.0 Å². The molecule has 4 heteroatoms. The third-order valence-electron chi connectivity index (χ3n) is 0.876. The Balaban J connectivity index is 3.00. The first-order valence-electron chi connectivity index (χ1n) is 3.52. The molecule has 0 aliphatic carbocycles. The van der Waals surface area contributed by atoms with E-state index in [-0.39, 0.29) is 0 Å². The van der Waals surface area contributed by atoms with Gasteiger partial charge in [0.05, 0.1) is 0 Å². The molecule has 0 aromatic heterocycles. The van der Waals surface area contributed by atoms with Crippen LogP contribution in [0, 0.1) is 0 Å². The number of hydrogen-bond acceptors (Lipinski definition) is 4. The average Bonchev–Trinajstić information content (AvgIpc) is 2.10. The summed E-state index contributed by atoms with van der Waals surface area (Å²) in [6, 6.07) is 0. The first-order chi connectivity index (χ1) is 5.91. The smallest absolute Gasteiger partial charge is 0.0225 e. The lowest BCUT2D eigenvalue weighted by molar-refractivity contribution is 1.81. The SMILES string of the molecule is CSC=CCSSCC=CSC. The number of rotatable bonds is 7. The predicted octanol–water partition coefficient (Wildman–Crippen LogP) is 4.12. The molecule has 0 unspecified atom stereocenters. The van der Waals surface area contributed by atoms with E-state index in [0.29, 0.717) is 0 Å². The lowest BCUT2D eigenvalue weighted by atomic mass is 10.8. The third-order valence-corrected chi connectivity index (χ3v) is 3.95. The molecule has 0 rings (SSSR count).